The van der Waals surface area contributed by atoms with Crippen molar-refractivity contribution in [1.29, 1.82) is 0 Å². The van der Waals surface area contributed by atoms with Gasteiger partial charge in [0.15, 0.2) is 0 Å². The molecular weight excluding hydrogens is 344 g/mol. The average molecular weight is 378 g/mol. The molecule has 2 aliphatic rings. The summed E-state index contributed by atoms with van der Waals surface area (Å²) < 4.78 is 54.7. The van der Waals surface area contributed by atoms with Crippen LogP contribution in [0.3, 0.4) is 0 Å². The molecule has 4 N–H and O–H groups in total. The Balaban J connectivity index is 2.01. The summed E-state index contributed by atoms with van der Waals surface area (Å²) in [7, 11) is 0. The summed E-state index contributed by atoms with van der Waals surface area (Å²) in [6.07, 6.45) is -9.74. The maximum atomic E-state index is 12.4. The van der Waals surface area contributed by atoms with Crippen LogP contribution in [0, 0.1) is 11.8 Å². The molecule has 26 heavy (non-hydrogen) atoms. The SMILES string of the molecule is [2H]/C(=C/C[C@H]1C(=O)CC[C@@H]1CC(=O)O[C@@H]1O[C@H](CO)[C@@H](O)[C@H](O)[C@H]1O)C([2H])([2H])C([2H])([2H])[2H]. The van der Waals surface area contributed by atoms with Crippen molar-refractivity contribution in [2.75, 3.05) is 6.61 Å². The summed E-state index contributed by atoms with van der Waals surface area (Å²) in [6, 6.07) is -0.778. The topological polar surface area (TPSA) is 134 Å². The first kappa shape index (κ1) is 13.8. The molecule has 1 saturated heterocycles. The molecule has 0 aromatic heterocycles. The molecule has 0 unspecified atom stereocenters. The molecule has 148 valence electrons. The third kappa shape index (κ3) is 4.89. The Morgan fingerprint density at radius 2 is 2.19 bits per heavy atom. The fourth-order valence-electron chi connectivity index (χ4n) is 3.34. The number of ketones is 1. The van der Waals surface area contributed by atoms with E-state index in [2.05, 4.69) is 0 Å². The number of aliphatic hydroxyl groups is 4. The fraction of sp³-hybridized carbons (Fsp3) is 0.778. The number of ether oxygens (including phenoxy) is 2. The van der Waals surface area contributed by atoms with Crippen molar-refractivity contribution in [3.05, 3.63) is 12.1 Å². The highest BCUT2D eigenvalue weighted by molar-refractivity contribution is 5.84. The highest BCUT2D eigenvalue weighted by atomic mass is 16.7. The van der Waals surface area contributed by atoms with E-state index < -0.39 is 74.4 Å². The summed E-state index contributed by atoms with van der Waals surface area (Å²) in [5, 5.41) is 38.7. The maximum Gasteiger partial charge on any atom is 0.308 e. The van der Waals surface area contributed by atoms with E-state index in [9.17, 15) is 30.0 Å². The van der Waals surface area contributed by atoms with Crippen LogP contribution in [0.25, 0.3) is 0 Å². The van der Waals surface area contributed by atoms with E-state index in [-0.39, 0.29) is 25.0 Å². The molecule has 0 radical (unpaired) electrons. The van der Waals surface area contributed by atoms with E-state index >= 15 is 0 Å². The fourth-order valence-corrected chi connectivity index (χ4v) is 3.34. The van der Waals surface area contributed by atoms with Crippen molar-refractivity contribution < 1.29 is 47.7 Å². The van der Waals surface area contributed by atoms with Gasteiger partial charge in [-0.05, 0) is 25.1 Å². The Bertz CT molecular complexity index is 725. The van der Waals surface area contributed by atoms with Crippen molar-refractivity contribution in [3.63, 3.8) is 0 Å². The zero-order valence-corrected chi connectivity index (χ0v) is 14.1. The van der Waals surface area contributed by atoms with Crippen LogP contribution in [0.15, 0.2) is 12.1 Å². The predicted molar refractivity (Wildman–Crippen MR) is 89.7 cm³/mol. The number of Topliss-reactive ketones (excluding diaryl/α,β-unsaturated/α-hetero) is 1. The summed E-state index contributed by atoms with van der Waals surface area (Å²) in [6.45, 7) is -3.74. The second-order valence-electron chi connectivity index (χ2n) is 6.47. The number of hydrogen-bond acceptors (Lipinski definition) is 8. The summed E-state index contributed by atoms with van der Waals surface area (Å²) in [4.78, 5) is 24.6. The minimum Gasteiger partial charge on any atom is -0.433 e. The first-order valence-corrected chi connectivity index (χ1v) is 8.40. The lowest BCUT2D eigenvalue weighted by Crippen LogP contribution is -2.59. The van der Waals surface area contributed by atoms with Gasteiger partial charge in [-0.25, -0.2) is 0 Å². The Kier molecular flexibility index (Phi) is 5.07. The second-order valence-corrected chi connectivity index (χ2v) is 6.47. The van der Waals surface area contributed by atoms with Gasteiger partial charge in [0, 0.05) is 25.6 Å². The smallest absolute Gasteiger partial charge is 0.308 e. The molecule has 1 aliphatic carbocycles. The quantitative estimate of drug-likeness (QED) is 0.350. The number of carbonyl (C=O) groups excluding carboxylic acids is 2. The van der Waals surface area contributed by atoms with Crippen LogP contribution in [0.4, 0.5) is 0 Å². The molecule has 2 fully saturated rings. The first-order valence-electron chi connectivity index (χ1n) is 11.4. The van der Waals surface area contributed by atoms with E-state index in [1.807, 2.05) is 0 Å². The van der Waals surface area contributed by atoms with Crippen LogP contribution in [0.1, 0.15) is 47.1 Å². The van der Waals surface area contributed by atoms with Crippen molar-refractivity contribution in [3.8, 4) is 0 Å². The number of aliphatic hydroxyl groups excluding tert-OH is 4. The highest BCUT2D eigenvalue weighted by Gasteiger charge is 2.45. The first-order chi connectivity index (χ1) is 14.7. The molecule has 1 aliphatic heterocycles. The van der Waals surface area contributed by atoms with E-state index in [0.717, 1.165) is 6.08 Å². The van der Waals surface area contributed by atoms with Crippen LogP contribution >= 0.6 is 0 Å². The van der Waals surface area contributed by atoms with Gasteiger partial charge in [0.05, 0.1) is 7.98 Å². The van der Waals surface area contributed by atoms with Gasteiger partial charge >= 0.3 is 5.97 Å². The monoisotopic (exact) mass is 378 g/mol. The maximum absolute atomic E-state index is 12.4. The standard InChI is InChI=1S/C18H28O8/c1-2-3-4-5-11-10(6-7-12(11)20)8-14(21)26-18-17(24)16(23)15(22)13(9-19)25-18/h3-4,10-11,13,15-19,22-24H,2,5-9H2,1H3/b4-3-/t10-,11-,13-,15-,16+,17-,18+/m1/s1/i1D3,2D2,3D. The zero-order valence-electron chi connectivity index (χ0n) is 20.1. The van der Waals surface area contributed by atoms with Crippen molar-refractivity contribution in [2.24, 2.45) is 11.8 Å². The lowest BCUT2D eigenvalue weighted by Gasteiger charge is -2.39. The van der Waals surface area contributed by atoms with Gasteiger partial charge in [0.2, 0.25) is 6.29 Å². The Morgan fingerprint density at radius 1 is 1.42 bits per heavy atom. The third-order valence-corrected chi connectivity index (χ3v) is 4.82. The molecule has 0 bridgehead atoms. The van der Waals surface area contributed by atoms with Crippen molar-refractivity contribution in [1.82, 2.24) is 0 Å². The third-order valence-electron chi connectivity index (χ3n) is 4.82. The molecule has 0 spiro atoms. The van der Waals surface area contributed by atoms with Gasteiger partial charge in [-0.2, -0.15) is 0 Å². The van der Waals surface area contributed by atoms with Gasteiger partial charge in [-0.15, -0.1) is 0 Å². The molecule has 7 atom stereocenters. The molecule has 8 nitrogen and oxygen atoms in total. The summed E-state index contributed by atoms with van der Waals surface area (Å²) >= 11 is 0. The Hall–Kier alpha value is -1.32. The van der Waals surface area contributed by atoms with Crippen LogP contribution < -0.4 is 0 Å². The highest BCUT2D eigenvalue weighted by Crippen LogP contribution is 2.34. The number of hydrogen-bond donors (Lipinski definition) is 4. The van der Waals surface area contributed by atoms with E-state index in [1.54, 1.807) is 0 Å². The lowest BCUT2D eigenvalue weighted by atomic mass is 9.89. The van der Waals surface area contributed by atoms with Crippen LogP contribution in [0.5, 0.6) is 0 Å². The molecule has 1 saturated carbocycles. The summed E-state index contributed by atoms with van der Waals surface area (Å²) in [5.41, 5.74) is 0. The second kappa shape index (κ2) is 9.57. The molecule has 8 heteroatoms. The van der Waals surface area contributed by atoms with Gasteiger partial charge in [-0.1, -0.05) is 19.0 Å². The van der Waals surface area contributed by atoms with E-state index in [4.69, 9.17) is 17.7 Å². The van der Waals surface area contributed by atoms with E-state index in [1.165, 1.54) is 0 Å². The van der Waals surface area contributed by atoms with Crippen LogP contribution in [-0.4, -0.2) is 69.5 Å². The molecule has 0 amide bonds. The zero-order chi connectivity index (χ0) is 24.4. The normalized spacial score (nSPS) is 42.8. The van der Waals surface area contributed by atoms with Crippen LogP contribution in [-0.2, 0) is 19.1 Å². The predicted octanol–water partition coefficient (Wildman–Crippen LogP) is -0.329. The molecule has 1 heterocycles. The van der Waals surface area contributed by atoms with Crippen LogP contribution in [0.2, 0.25) is 0 Å². The van der Waals surface area contributed by atoms with E-state index in [0.29, 0.717) is 6.42 Å². The minimum absolute atomic E-state index is 0.120. The van der Waals surface area contributed by atoms with Crippen molar-refractivity contribution >= 4 is 11.8 Å². The molecule has 0 aromatic carbocycles. The molecule has 0 aromatic rings. The van der Waals surface area contributed by atoms with Crippen molar-refractivity contribution in [2.45, 2.75) is 69.6 Å². The number of allylic oxidation sites excluding steroid dienone is 2. The Labute approximate surface area is 160 Å². The lowest BCUT2D eigenvalue weighted by molar-refractivity contribution is -0.292. The minimum atomic E-state index is -3.05. The van der Waals surface area contributed by atoms with Gasteiger partial charge in [0.1, 0.15) is 30.2 Å². The average Bonchev–Trinajstić information content (AvgIpc) is 3.04. The molecule has 2 rings (SSSR count). The van der Waals surface area contributed by atoms with Gasteiger partial charge in [-0.3, -0.25) is 9.59 Å². The molecular formula is C18H28O8. The van der Waals surface area contributed by atoms with Gasteiger partial charge < -0.3 is 29.9 Å². The number of esters is 1. The number of carbonyl (C=O) groups is 2. The van der Waals surface area contributed by atoms with Gasteiger partial charge in [0.25, 0.3) is 0 Å². The Morgan fingerprint density at radius 3 is 2.88 bits per heavy atom. The summed E-state index contributed by atoms with van der Waals surface area (Å²) in [5.74, 6) is -2.35. The largest absolute Gasteiger partial charge is 0.433 e. The number of rotatable bonds is 7.